The normalized spacial score (nSPS) is 11.2. The van der Waals surface area contributed by atoms with Crippen LogP contribution in [-0.2, 0) is 9.59 Å². The van der Waals surface area contributed by atoms with Crippen molar-refractivity contribution >= 4 is 17.6 Å². The molecule has 0 aliphatic heterocycles. The lowest BCUT2D eigenvalue weighted by Crippen LogP contribution is -2.17. The van der Waals surface area contributed by atoms with Gasteiger partial charge in [0.2, 0.25) is 0 Å². The van der Waals surface area contributed by atoms with Crippen LogP contribution in [0.1, 0.15) is 31.7 Å². The number of amides is 1. The summed E-state index contributed by atoms with van der Waals surface area (Å²) in [7, 11) is 0. The third-order valence-electron chi connectivity index (χ3n) is 2.62. The van der Waals surface area contributed by atoms with Crippen molar-refractivity contribution in [2.24, 2.45) is 0 Å². The van der Waals surface area contributed by atoms with Gasteiger partial charge in [-0.3, -0.25) is 9.59 Å². The van der Waals surface area contributed by atoms with E-state index in [4.69, 9.17) is 5.11 Å². The Balaban J connectivity index is 2.76. The molecule has 4 nitrogen and oxygen atoms in total. The number of allylic oxidation sites excluding steroid dienone is 1. The SMILES string of the molecule is CCC/C=C(\CC(=O)O)C(=O)Nc1ccc(C)cc1. The van der Waals surface area contributed by atoms with Crippen molar-refractivity contribution in [1.82, 2.24) is 0 Å². The summed E-state index contributed by atoms with van der Waals surface area (Å²) in [4.78, 5) is 22.7. The largest absolute Gasteiger partial charge is 0.481 e. The third-order valence-corrected chi connectivity index (χ3v) is 2.62. The number of nitrogens with one attached hydrogen (secondary N) is 1. The van der Waals surface area contributed by atoms with E-state index in [2.05, 4.69) is 5.32 Å². The van der Waals surface area contributed by atoms with E-state index in [0.717, 1.165) is 12.0 Å². The van der Waals surface area contributed by atoms with Gasteiger partial charge in [0.05, 0.1) is 6.42 Å². The predicted molar refractivity (Wildman–Crippen MR) is 75.1 cm³/mol. The molecule has 0 aliphatic carbocycles. The van der Waals surface area contributed by atoms with Gasteiger partial charge in [0.15, 0.2) is 0 Å². The number of rotatable bonds is 6. The summed E-state index contributed by atoms with van der Waals surface area (Å²) in [6.45, 7) is 3.94. The Morgan fingerprint density at radius 3 is 2.42 bits per heavy atom. The molecular weight excluding hydrogens is 242 g/mol. The van der Waals surface area contributed by atoms with Crippen LogP contribution in [0.4, 0.5) is 5.69 Å². The molecule has 1 aromatic rings. The molecule has 1 aromatic carbocycles. The van der Waals surface area contributed by atoms with Gasteiger partial charge in [-0.15, -0.1) is 0 Å². The Morgan fingerprint density at radius 2 is 1.89 bits per heavy atom. The number of aliphatic carboxylic acids is 1. The summed E-state index contributed by atoms with van der Waals surface area (Å²) in [6, 6.07) is 7.38. The molecule has 0 saturated heterocycles. The summed E-state index contributed by atoms with van der Waals surface area (Å²) >= 11 is 0. The second-order valence-corrected chi connectivity index (χ2v) is 4.41. The molecule has 1 rings (SSSR count). The van der Waals surface area contributed by atoms with Crippen LogP contribution in [0, 0.1) is 6.92 Å². The van der Waals surface area contributed by atoms with Gasteiger partial charge >= 0.3 is 5.97 Å². The molecule has 0 aliphatic rings. The zero-order valence-corrected chi connectivity index (χ0v) is 11.3. The summed E-state index contributed by atoms with van der Waals surface area (Å²) < 4.78 is 0. The highest BCUT2D eigenvalue weighted by atomic mass is 16.4. The number of carbonyl (C=O) groups excluding carboxylic acids is 1. The van der Waals surface area contributed by atoms with Crippen molar-refractivity contribution in [2.75, 3.05) is 5.32 Å². The Hall–Kier alpha value is -2.10. The minimum atomic E-state index is -0.999. The van der Waals surface area contributed by atoms with Gasteiger partial charge in [0.1, 0.15) is 0 Å². The van der Waals surface area contributed by atoms with Gasteiger partial charge in [-0.2, -0.15) is 0 Å². The van der Waals surface area contributed by atoms with Gasteiger partial charge in [0.25, 0.3) is 5.91 Å². The van der Waals surface area contributed by atoms with Gasteiger partial charge in [-0.1, -0.05) is 37.1 Å². The molecule has 2 N–H and O–H groups in total. The molecule has 0 heterocycles. The number of carboxylic acid groups (broad SMARTS) is 1. The first kappa shape index (κ1) is 15.0. The lowest BCUT2D eigenvalue weighted by atomic mass is 10.1. The lowest BCUT2D eigenvalue weighted by Gasteiger charge is -2.08. The van der Waals surface area contributed by atoms with Crippen molar-refractivity contribution < 1.29 is 14.7 Å². The van der Waals surface area contributed by atoms with Crippen LogP contribution in [0.25, 0.3) is 0 Å². The Kier molecular flexibility index (Phi) is 5.79. The van der Waals surface area contributed by atoms with E-state index in [1.807, 2.05) is 26.0 Å². The van der Waals surface area contributed by atoms with Crippen LogP contribution < -0.4 is 5.32 Å². The van der Waals surface area contributed by atoms with E-state index in [-0.39, 0.29) is 12.3 Å². The maximum atomic E-state index is 12.0. The monoisotopic (exact) mass is 261 g/mol. The summed E-state index contributed by atoms with van der Waals surface area (Å²) in [5, 5.41) is 11.5. The number of hydrogen-bond donors (Lipinski definition) is 2. The smallest absolute Gasteiger partial charge is 0.308 e. The molecule has 0 radical (unpaired) electrons. The molecule has 0 bridgehead atoms. The fourth-order valence-electron chi connectivity index (χ4n) is 1.57. The van der Waals surface area contributed by atoms with Crippen molar-refractivity contribution in [3.63, 3.8) is 0 Å². The summed E-state index contributed by atoms with van der Waals surface area (Å²) in [5.41, 5.74) is 2.07. The lowest BCUT2D eigenvalue weighted by molar-refractivity contribution is -0.136. The fraction of sp³-hybridized carbons (Fsp3) is 0.333. The number of anilines is 1. The molecule has 102 valence electrons. The van der Waals surface area contributed by atoms with Gasteiger partial charge < -0.3 is 10.4 Å². The van der Waals surface area contributed by atoms with Gasteiger partial charge in [-0.25, -0.2) is 0 Å². The number of carbonyl (C=O) groups is 2. The second-order valence-electron chi connectivity index (χ2n) is 4.41. The van der Waals surface area contributed by atoms with Crippen molar-refractivity contribution in [2.45, 2.75) is 33.1 Å². The van der Waals surface area contributed by atoms with Crippen molar-refractivity contribution in [1.29, 1.82) is 0 Å². The van der Waals surface area contributed by atoms with Crippen molar-refractivity contribution in [3.05, 3.63) is 41.5 Å². The molecule has 0 fully saturated rings. The second kappa shape index (κ2) is 7.36. The first-order chi connectivity index (χ1) is 9.02. The topological polar surface area (TPSA) is 66.4 Å². The van der Waals surface area contributed by atoms with Crippen LogP contribution >= 0.6 is 0 Å². The molecule has 4 heteroatoms. The first-order valence-electron chi connectivity index (χ1n) is 6.31. The number of aryl methyl sites for hydroxylation is 1. The third kappa shape index (κ3) is 5.38. The van der Waals surface area contributed by atoms with Crippen molar-refractivity contribution in [3.8, 4) is 0 Å². The maximum Gasteiger partial charge on any atom is 0.308 e. The molecule has 0 atom stereocenters. The number of unbranched alkanes of at least 4 members (excludes halogenated alkanes) is 1. The van der Waals surface area contributed by atoms with Crippen LogP contribution in [0.2, 0.25) is 0 Å². The Bertz CT molecular complexity index is 475. The Labute approximate surface area is 113 Å². The molecule has 1 amide bonds. The average molecular weight is 261 g/mol. The summed E-state index contributed by atoms with van der Waals surface area (Å²) in [6.07, 6.45) is 3.01. The highest BCUT2D eigenvalue weighted by Gasteiger charge is 2.13. The zero-order valence-electron chi connectivity index (χ0n) is 11.3. The molecule has 0 spiro atoms. The fourth-order valence-corrected chi connectivity index (χ4v) is 1.57. The maximum absolute atomic E-state index is 12.0. The molecule has 19 heavy (non-hydrogen) atoms. The highest BCUT2D eigenvalue weighted by molar-refractivity contribution is 6.06. The highest BCUT2D eigenvalue weighted by Crippen LogP contribution is 2.12. The van der Waals surface area contributed by atoms with E-state index in [9.17, 15) is 9.59 Å². The number of hydrogen-bond acceptors (Lipinski definition) is 2. The predicted octanol–water partition coefficient (Wildman–Crippen LogP) is 3.13. The number of carboxylic acids is 1. The van der Waals surface area contributed by atoms with Crippen LogP contribution in [-0.4, -0.2) is 17.0 Å². The average Bonchev–Trinajstić information content (AvgIpc) is 2.36. The van der Waals surface area contributed by atoms with Crippen LogP contribution in [0.15, 0.2) is 35.9 Å². The number of benzene rings is 1. The quantitative estimate of drug-likeness (QED) is 0.773. The van der Waals surface area contributed by atoms with E-state index in [1.165, 1.54) is 0 Å². The molecule has 0 aromatic heterocycles. The molecule has 0 unspecified atom stereocenters. The Morgan fingerprint density at radius 1 is 1.26 bits per heavy atom. The van der Waals surface area contributed by atoms with Gasteiger partial charge in [-0.05, 0) is 25.5 Å². The van der Waals surface area contributed by atoms with Crippen LogP contribution in [0.5, 0.6) is 0 Å². The van der Waals surface area contributed by atoms with E-state index in [0.29, 0.717) is 17.7 Å². The first-order valence-corrected chi connectivity index (χ1v) is 6.31. The molecule has 0 saturated carbocycles. The van der Waals surface area contributed by atoms with Crippen LogP contribution in [0.3, 0.4) is 0 Å². The van der Waals surface area contributed by atoms with E-state index < -0.39 is 5.97 Å². The van der Waals surface area contributed by atoms with Gasteiger partial charge in [0, 0.05) is 11.3 Å². The minimum Gasteiger partial charge on any atom is -0.481 e. The summed E-state index contributed by atoms with van der Waals surface area (Å²) in [5.74, 6) is -1.35. The molecular formula is C15H19NO3. The standard InChI is InChI=1S/C15H19NO3/c1-3-4-5-12(10-14(17)18)15(19)16-13-8-6-11(2)7-9-13/h5-9H,3-4,10H2,1-2H3,(H,16,19)(H,17,18)/b12-5+. The minimum absolute atomic E-state index is 0.252. The van der Waals surface area contributed by atoms with E-state index in [1.54, 1.807) is 18.2 Å². The zero-order chi connectivity index (χ0) is 14.3. The van der Waals surface area contributed by atoms with E-state index >= 15 is 0 Å².